The van der Waals surface area contributed by atoms with E-state index >= 15 is 0 Å². The molecular formula is C34H26Cl2N2O3. The second-order valence-electron chi connectivity index (χ2n) is 11.1. The smallest absolute Gasteiger partial charge is 0.248 e. The van der Waals surface area contributed by atoms with Crippen LogP contribution in [0.4, 0.5) is 5.69 Å². The maximum atomic E-state index is 14.5. The molecule has 41 heavy (non-hydrogen) atoms. The minimum Gasteiger partial charge on any atom is -0.324 e. The Kier molecular flexibility index (Phi) is 5.90. The van der Waals surface area contributed by atoms with Crippen LogP contribution in [-0.2, 0) is 30.6 Å². The molecule has 1 heterocycles. The first kappa shape index (κ1) is 26.0. The zero-order chi connectivity index (χ0) is 28.5. The van der Waals surface area contributed by atoms with E-state index in [9.17, 15) is 14.4 Å². The van der Waals surface area contributed by atoms with E-state index in [2.05, 4.69) is 5.32 Å². The standard InChI is InChI=1S/C34H26Cl2N2O3/c1-20-15-17-22(18-16-20)37-30(39)27(19-21-9-3-2-4-10-21)38-31(40)28-29(32(38)41)34(36)24-12-6-5-11-23(24)33(28,35)25-13-7-8-14-26(25)34/h2-18,27-29H,19H2,1H3,(H,37,39)/t27-,28-,29+,33?,34?/m1/s1. The second kappa shape index (κ2) is 9.30. The summed E-state index contributed by atoms with van der Waals surface area (Å²) in [6, 6.07) is 30.7. The first-order valence-corrected chi connectivity index (χ1v) is 14.4. The van der Waals surface area contributed by atoms with Crippen LogP contribution in [0, 0.1) is 18.8 Å². The van der Waals surface area contributed by atoms with Crippen LogP contribution in [0.2, 0.25) is 0 Å². The largest absolute Gasteiger partial charge is 0.324 e. The lowest BCUT2D eigenvalue weighted by molar-refractivity contribution is -0.146. The number of nitrogens with one attached hydrogen (secondary N) is 1. The fourth-order valence-electron chi connectivity index (χ4n) is 7.00. The van der Waals surface area contributed by atoms with Crippen molar-refractivity contribution >= 4 is 46.6 Å². The van der Waals surface area contributed by atoms with Crippen molar-refractivity contribution in [2.75, 3.05) is 5.32 Å². The average Bonchev–Trinajstić information content (AvgIpc) is 3.27. The Labute approximate surface area is 248 Å². The minimum atomic E-state index is -1.30. The van der Waals surface area contributed by atoms with Crippen LogP contribution in [0.5, 0.6) is 0 Å². The molecule has 4 aromatic carbocycles. The summed E-state index contributed by atoms with van der Waals surface area (Å²) in [5.41, 5.74) is 5.35. The normalized spacial score (nSPS) is 26.3. The van der Waals surface area contributed by atoms with Gasteiger partial charge >= 0.3 is 0 Å². The molecule has 204 valence electrons. The Hall–Kier alpha value is -3.93. The summed E-state index contributed by atoms with van der Waals surface area (Å²) >= 11 is 15.2. The number of hydrogen-bond acceptors (Lipinski definition) is 3. The number of carbonyl (C=O) groups excluding carboxylic acids is 3. The molecule has 3 atom stereocenters. The summed E-state index contributed by atoms with van der Waals surface area (Å²) < 4.78 is 0. The van der Waals surface area contributed by atoms with E-state index in [0.717, 1.165) is 38.3 Å². The van der Waals surface area contributed by atoms with Crippen molar-refractivity contribution in [2.45, 2.75) is 29.1 Å². The van der Waals surface area contributed by atoms with Gasteiger partial charge in [-0.15, -0.1) is 23.2 Å². The summed E-state index contributed by atoms with van der Waals surface area (Å²) in [6.45, 7) is 1.96. The van der Waals surface area contributed by atoms with E-state index in [1.54, 1.807) is 12.1 Å². The van der Waals surface area contributed by atoms with E-state index in [-0.39, 0.29) is 6.42 Å². The third-order valence-corrected chi connectivity index (χ3v) is 10.1. The van der Waals surface area contributed by atoms with Gasteiger partial charge < -0.3 is 5.32 Å². The van der Waals surface area contributed by atoms with Gasteiger partial charge in [0.25, 0.3) is 0 Å². The molecule has 0 aromatic heterocycles. The number of halogens is 2. The maximum Gasteiger partial charge on any atom is 0.248 e. The van der Waals surface area contributed by atoms with Crippen molar-refractivity contribution in [3.8, 4) is 0 Å². The molecule has 0 radical (unpaired) electrons. The van der Waals surface area contributed by atoms with Gasteiger partial charge in [0.05, 0.1) is 11.8 Å². The van der Waals surface area contributed by atoms with Crippen molar-refractivity contribution in [3.63, 3.8) is 0 Å². The highest BCUT2D eigenvalue weighted by atomic mass is 35.5. The number of hydrogen-bond donors (Lipinski definition) is 1. The van der Waals surface area contributed by atoms with Gasteiger partial charge in [-0.2, -0.15) is 0 Å². The molecule has 2 bridgehead atoms. The Morgan fingerprint density at radius 2 is 1.17 bits per heavy atom. The molecule has 7 heteroatoms. The van der Waals surface area contributed by atoms with Gasteiger partial charge in [-0.05, 0) is 46.9 Å². The number of anilines is 1. The predicted molar refractivity (Wildman–Crippen MR) is 159 cm³/mol. The van der Waals surface area contributed by atoms with Gasteiger partial charge in [-0.1, -0.05) is 96.6 Å². The Bertz CT molecular complexity index is 1600. The van der Waals surface area contributed by atoms with E-state index in [1.807, 2.05) is 97.9 Å². The van der Waals surface area contributed by atoms with Crippen molar-refractivity contribution in [2.24, 2.45) is 11.8 Å². The lowest BCUT2D eigenvalue weighted by atomic mass is 9.54. The van der Waals surface area contributed by atoms with Gasteiger partial charge in [0.15, 0.2) is 0 Å². The third kappa shape index (κ3) is 3.58. The fourth-order valence-corrected chi connectivity index (χ4v) is 8.09. The monoisotopic (exact) mass is 580 g/mol. The number of benzene rings is 4. The van der Waals surface area contributed by atoms with Gasteiger partial charge in [-0.25, -0.2) is 0 Å². The van der Waals surface area contributed by atoms with E-state index in [4.69, 9.17) is 23.2 Å². The van der Waals surface area contributed by atoms with Gasteiger partial charge in [-0.3, -0.25) is 19.3 Å². The zero-order valence-electron chi connectivity index (χ0n) is 22.2. The van der Waals surface area contributed by atoms with Crippen molar-refractivity contribution in [3.05, 3.63) is 137 Å². The summed E-state index contributed by atoms with van der Waals surface area (Å²) in [5.74, 6) is -3.35. The van der Waals surface area contributed by atoms with Crippen molar-refractivity contribution in [1.29, 1.82) is 0 Å². The first-order valence-electron chi connectivity index (χ1n) is 13.6. The van der Waals surface area contributed by atoms with Gasteiger partial charge in [0.2, 0.25) is 17.7 Å². The number of imide groups is 1. The lowest BCUT2D eigenvalue weighted by Crippen LogP contribution is -2.57. The summed E-state index contributed by atoms with van der Waals surface area (Å²) in [6.07, 6.45) is 0.153. The summed E-state index contributed by atoms with van der Waals surface area (Å²) in [5, 5.41) is 2.93. The van der Waals surface area contributed by atoms with Crippen LogP contribution in [0.15, 0.2) is 103 Å². The van der Waals surface area contributed by atoms with Crippen molar-refractivity contribution < 1.29 is 14.4 Å². The van der Waals surface area contributed by atoms with Gasteiger partial charge in [0, 0.05) is 12.1 Å². The highest BCUT2D eigenvalue weighted by molar-refractivity contribution is 6.36. The number of likely N-dealkylation sites (tertiary alicyclic amines) is 1. The molecule has 1 aliphatic heterocycles. The van der Waals surface area contributed by atoms with Crippen LogP contribution in [-0.4, -0.2) is 28.7 Å². The summed E-state index contributed by atoms with van der Waals surface area (Å²) in [7, 11) is 0. The molecule has 8 rings (SSSR count). The molecule has 4 aliphatic rings. The maximum absolute atomic E-state index is 14.5. The van der Waals surface area contributed by atoms with Gasteiger partial charge in [0.1, 0.15) is 15.8 Å². The number of amides is 3. The van der Waals surface area contributed by atoms with Crippen molar-refractivity contribution in [1.82, 2.24) is 4.90 Å². The SMILES string of the molecule is Cc1ccc(NC(=O)[C@@H](Cc2ccccc2)N2C(=O)[C@@H]3[C@H](C2=O)C2(Cl)c4ccccc4C3(Cl)c3ccccc32)cc1. The molecule has 3 aliphatic carbocycles. The highest BCUT2D eigenvalue weighted by Crippen LogP contribution is 2.69. The summed E-state index contributed by atoms with van der Waals surface area (Å²) in [4.78, 5) is 41.5. The third-order valence-electron chi connectivity index (χ3n) is 8.82. The number of aryl methyl sites for hydroxylation is 1. The Morgan fingerprint density at radius 3 is 1.63 bits per heavy atom. The topological polar surface area (TPSA) is 66.5 Å². The lowest BCUT2D eigenvalue weighted by Gasteiger charge is -2.54. The average molecular weight is 581 g/mol. The van der Waals surface area contributed by atoms with E-state index in [0.29, 0.717) is 5.69 Å². The Balaban J connectivity index is 1.36. The van der Waals surface area contributed by atoms with E-state index in [1.165, 1.54) is 0 Å². The van der Waals surface area contributed by atoms with Crippen LogP contribution in [0.1, 0.15) is 33.4 Å². The number of carbonyl (C=O) groups is 3. The van der Waals surface area contributed by atoms with Crippen LogP contribution in [0.3, 0.4) is 0 Å². The zero-order valence-corrected chi connectivity index (χ0v) is 23.7. The molecule has 1 fully saturated rings. The number of nitrogens with zero attached hydrogens (tertiary/aromatic N) is 1. The molecule has 5 nitrogen and oxygen atoms in total. The molecule has 3 amide bonds. The number of rotatable bonds is 5. The first-order chi connectivity index (χ1) is 19.8. The second-order valence-corrected chi connectivity index (χ2v) is 12.3. The van der Waals surface area contributed by atoms with Crippen LogP contribution < -0.4 is 5.32 Å². The molecule has 0 spiro atoms. The Morgan fingerprint density at radius 1 is 0.732 bits per heavy atom. The molecule has 1 N–H and O–H groups in total. The van der Waals surface area contributed by atoms with Crippen LogP contribution >= 0.6 is 23.2 Å². The molecule has 0 saturated carbocycles. The molecule has 1 saturated heterocycles. The molecule has 4 aromatic rings. The molecular weight excluding hydrogens is 555 g/mol. The predicted octanol–water partition coefficient (Wildman–Crippen LogP) is 6.14. The van der Waals surface area contributed by atoms with E-state index < -0.39 is 45.3 Å². The minimum absolute atomic E-state index is 0.153. The van der Waals surface area contributed by atoms with Crippen LogP contribution in [0.25, 0.3) is 0 Å². The quantitative estimate of drug-likeness (QED) is 0.228. The molecule has 0 unspecified atom stereocenters. The highest BCUT2D eigenvalue weighted by Gasteiger charge is 2.73. The fraction of sp³-hybridized carbons (Fsp3) is 0.206. The number of alkyl halides is 2.